The monoisotopic (exact) mass is 237 g/mol. The van der Waals surface area contributed by atoms with E-state index in [1.165, 1.54) is 17.5 Å². The zero-order chi connectivity index (χ0) is 11.4. The molecule has 88 valence electrons. The summed E-state index contributed by atoms with van der Waals surface area (Å²) in [4.78, 5) is 0. The average molecular weight is 237 g/mol. The van der Waals surface area contributed by atoms with Crippen molar-refractivity contribution in [2.75, 3.05) is 6.61 Å². The van der Waals surface area contributed by atoms with Gasteiger partial charge in [-0.25, -0.2) is 0 Å². The normalized spacial score (nSPS) is 24.9. The summed E-state index contributed by atoms with van der Waals surface area (Å²) in [7, 11) is 0. The topological polar surface area (TPSA) is 35.2 Å². The average Bonchev–Trinajstić information content (AvgIpc) is 2.72. The van der Waals surface area contributed by atoms with Crippen LogP contribution >= 0.6 is 11.8 Å². The van der Waals surface area contributed by atoms with E-state index >= 15 is 0 Å². The Bertz CT molecular complexity index is 342. The number of thioether (sulfide) groups is 1. The van der Waals surface area contributed by atoms with Crippen molar-refractivity contribution < 1.29 is 4.74 Å². The maximum atomic E-state index is 5.63. The van der Waals surface area contributed by atoms with Gasteiger partial charge in [0.15, 0.2) is 0 Å². The summed E-state index contributed by atoms with van der Waals surface area (Å²) in [6.45, 7) is 3.71. The van der Waals surface area contributed by atoms with Gasteiger partial charge in [-0.05, 0) is 24.5 Å². The van der Waals surface area contributed by atoms with Crippen LogP contribution in [0, 0.1) is 0 Å². The standard InChI is InChI=1S/C13H19NOS/c1-10-13(5-6-15-10)16-9-12-4-2-3-11(7-12)8-14/h2-4,7,10,13H,5-6,8-9,14H2,1H3. The van der Waals surface area contributed by atoms with Crippen LogP contribution in [-0.2, 0) is 17.0 Å². The van der Waals surface area contributed by atoms with Crippen LogP contribution in [0.2, 0.25) is 0 Å². The fraction of sp³-hybridized carbons (Fsp3) is 0.538. The summed E-state index contributed by atoms with van der Waals surface area (Å²) < 4.78 is 5.56. The molecule has 0 aliphatic carbocycles. The second-order valence-corrected chi connectivity index (χ2v) is 5.47. The van der Waals surface area contributed by atoms with Gasteiger partial charge in [-0.3, -0.25) is 0 Å². The zero-order valence-corrected chi connectivity index (χ0v) is 10.5. The van der Waals surface area contributed by atoms with Crippen LogP contribution in [-0.4, -0.2) is 18.0 Å². The van der Waals surface area contributed by atoms with E-state index in [1.54, 1.807) is 0 Å². The molecule has 3 heteroatoms. The van der Waals surface area contributed by atoms with Gasteiger partial charge in [-0.1, -0.05) is 24.3 Å². The SMILES string of the molecule is CC1OCCC1SCc1cccc(CN)c1. The van der Waals surface area contributed by atoms with Gasteiger partial charge in [-0.15, -0.1) is 0 Å². The fourth-order valence-electron chi connectivity index (χ4n) is 1.98. The lowest BCUT2D eigenvalue weighted by molar-refractivity contribution is 0.127. The predicted molar refractivity (Wildman–Crippen MR) is 69.4 cm³/mol. The maximum absolute atomic E-state index is 5.63. The van der Waals surface area contributed by atoms with Gasteiger partial charge in [0.1, 0.15) is 0 Å². The smallest absolute Gasteiger partial charge is 0.0666 e. The first kappa shape index (κ1) is 12.0. The van der Waals surface area contributed by atoms with Crippen LogP contribution in [0.25, 0.3) is 0 Å². The van der Waals surface area contributed by atoms with Gasteiger partial charge in [0, 0.05) is 24.2 Å². The van der Waals surface area contributed by atoms with E-state index in [9.17, 15) is 0 Å². The quantitative estimate of drug-likeness (QED) is 0.874. The molecule has 2 N–H and O–H groups in total. The Hall–Kier alpha value is -0.510. The van der Waals surface area contributed by atoms with Crippen molar-refractivity contribution in [3.8, 4) is 0 Å². The van der Waals surface area contributed by atoms with Gasteiger partial charge in [-0.2, -0.15) is 11.8 Å². The van der Waals surface area contributed by atoms with E-state index in [0.717, 1.165) is 12.4 Å². The van der Waals surface area contributed by atoms with Crippen molar-refractivity contribution in [2.24, 2.45) is 5.73 Å². The number of ether oxygens (including phenoxy) is 1. The highest BCUT2D eigenvalue weighted by Crippen LogP contribution is 2.29. The third-order valence-corrected chi connectivity index (χ3v) is 4.54. The van der Waals surface area contributed by atoms with E-state index in [0.29, 0.717) is 17.9 Å². The molecule has 2 atom stereocenters. The van der Waals surface area contributed by atoms with E-state index in [1.807, 2.05) is 11.8 Å². The minimum absolute atomic E-state index is 0.405. The number of hydrogen-bond donors (Lipinski definition) is 1. The third kappa shape index (κ3) is 3.00. The zero-order valence-electron chi connectivity index (χ0n) is 9.69. The van der Waals surface area contributed by atoms with Gasteiger partial charge in [0.05, 0.1) is 6.10 Å². The molecule has 1 saturated heterocycles. The second-order valence-electron chi connectivity index (χ2n) is 4.24. The van der Waals surface area contributed by atoms with E-state index in [-0.39, 0.29) is 0 Å². The molecule has 1 aromatic rings. The lowest BCUT2D eigenvalue weighted by Gasteiger charge is -2.13. The van der Waals surface area contributed by atoms with Crippen LogP contribution in [0.15, 0.2) is 24.3 Å². The van der Waals surface area contributed by atoms with Crippen LogP contribution in [0.3, 0.4) is 0 Å². The summed E-state index contributed by atoms with van der Waals surface area (Å²) >= 11 is 2.00. The van der Waals surface area contributed by atoms with Crippen molar-refractivity contribution in [3.63, 3.8) is 0 Å². The number of hydrogen-bond acceptors (Lipinski definition) is 3. The number of nitrogens with two attached hydrogens (primary N) is 1. The van der Waals surface area contributed by atoms with Gasteiger partial charge in [0.25, 0.3) is 0 Å². The first-order valence-electron chi connectivity index (χ1n) is 5.80. The Balaban J connectivity index is 1.88. The predicted octanol–water partition coefficient (Wildman–Crippen LogP) is 2.56. The highest BCUT2D eigenvalue weighted by Gasteiger charge is 2.24. The van der Waals surface area contributed by atoms with Gasteiger partial charge in [0.2, 0.25) is 0 Å². The summed E-state index contributed by atoms with van der Waals surface area (Å²) in [6, 6.07) is 8.54. The molecule has 1 fully saturated rings. The third-order valence-electron chi connectivity index (χ3n) is 3.00. The number of benzene rings is 1. The summed E-state index contributed by atoms with van der Waals surface area (Å²) in [6.07, 6.45) is 1.59. The summed E-state index contributed by atoms with van der Waals surface area (Å²) in [5, 5.41) is 0.654. The Labute approximate surface area is 102 Å². The molecule has 0 saturated carbocycles. The highest BCUT2D eigenvalue weighted by atomic mass is 32.2. The Morgan fingerprint density at radius 3 is 2.94 bits per heavy atom. The molecule has 2 rings (SSSR count). The lowest BCUT2D eigenvalue weighted by Crippen LogP contribution is -2.13. The van der Waals surface area contributed by atoms with Crippen molar-refractivity contribution >= 4 is 11.8 Å². The Kier molecular flexibility index (Phi) is 4.27. The largest absolute Gasteiger partial charge is 0.377 e. The molecule has 0 spiro atoms. The van der Waals surface area contributed by atoms with Crippen LogP contribution in [0.4, 0.5) is 0 Å². The van der Waals surface area contributed by atoms with Crippen molar-refractivity contribution in [1.29, 1.82) is 0 Å². The fourth-order valence-corrected chi connectivity index (χ4v) is 3.18. The first-order chi connectivity index (χ1) is 7.79. The Morgan fingerprint density at radius 1 is 1.44 bits per heavy atom. The summed E-state index contributed by atoms with van der Waals surface area (Å²) in [5.74, 6) is 1.06. The molecule has 1 aromatic carbocycles. The minimum Gasteiger partial charge on any atom is -0.377 e. The molecule has 0 aromatic heterocycles. The molecule has 16 heavy (non-hydrogen) atoms. The van der Waals surface area contributed by atoms with Crippen LogP contribution in [0.5, 0.6) is 0 Å². The molecule has 1 aliphatic heterocycles. The lowest BCUT2D eigenvalue weighted by atomic mass is 10.1. The van der Waals surface area contributed by atoms with Crippen LogP contribution in [0.1, 0.15) is 24.5 Å². The molecule has 2 unspecified atom stereocenters. The first-order valence-corrected chi connectivity index (χ1v) is 6.85. The van der Waals surface area contributed by atoms with Gasteiger partial charge >= 0.3 is 0 Å². The molecular weight excluding hydrogens is 218 g/mol. The van der Waals surface area contributed by atoms with Crippen molar-refractivity contribution in [3.05, 3.63) is 35.4 Å². The van der Waals surface area contributed by atoms with Crippen molar-refractivity contribution in [1.82, 2.24) is 0 Å². The molecule has 0 amide bonds. The number of rotatable bonds is 4. The van der Waals surface area contributed by atoms with E-state index < -0.39 is 0 Å². The molecule has 1 aliphatic rings. The molecule has 0 radical (unpaired) electrons. The second kappa shape index (κ2) is 5.71. The van der Waals surface area contributed by atoms with Gasteiger partial charge < -0.3 is 10.5 Å². The minimum atomic E-state index is 0.405. The van der Waals surface area contributed by atoms with Crippen molar-refractivity contribution in [2.45, 2.75) is 37.0 Å². The molecular formula is C13H19NOS. The van der Waals surface area contributed by atoms with E-state index in [2.05, 4.69) is 31.2 Å². The molecule has 2 nitrogen and oxygen atoms in total. The molecule has 1 heterocycles. The summed E-state index contributed by atoms with van der Waals surface area (Å²) in [5.41, 5.74) is 8.22. The van der Waals surface area contributed by atoms with E-state index in [4.69, 9.17) is 10.5 Å². The Morgan fingerprint density at radius 2 is 2.25 bits per heavy atom. The maximum Gasteiger partial charge on any atom is 0.0666 e. The highest BCUT2D eigenvalue weighted by molar-refractivity contribution is 7.99. The van der Waals surface area contributed by atoms with Crippen LogP contribution < -0.4 is 5.73 Å². The molecule has 0 bridgehead atoms.